The number of halogens is 3. The number of ether oxygens (including phenoxy) is 1. The van der Waals surface area contributed by atoms with Crippen LogP contribution in [0.5, 0.6) is 0 Å². The maximum absolute atomic E-state index is 15.7. The standard InChI is InChI=1S/C28H21Cl2FN4O3/c1-12-11-35-20-10-19-22(25(20)33-21(35)9-15(12)26(36)38-2)23(14-4-3-5-17(30)24(14)31)28(34-19)16-7-6-13(29)8-18(16)32-27(28)37/h3-9,11,19,22-23,34H,10H2,1-2H3,(H,32,37)/t19?,22-,23+,28-/m1/s1. The summed E-state index contributed by atoms with van der Waals surface area (Å²) in [6, 6.07) is 11.7. The summed E-state index contributed by atoms with van der Waals surface area (Å²) in [5.74, 6) is -2.27. The van der Waals surface area contributed by atoms with E-state index in [0.29, 0.717) is 39.5 Å². The molecule has 192 valence electrons. The number of aromatic nitrogens is 2. The third kappa shape index (κ3) is 2.96. The van der Waals surface area contributed by atoms with E-state index in [1.54, 1.807) is 30.3 Å². The summed E-state index contributed by atoms with van der Waals surface area (Å²) in [6.45, 7) is 1.84. The quantitative estimate of drug-likeness (QED) is 0.338. The van der Waals surface area contributed by atoms with Gasteiger partial charge in [-0.1, -0.05) is 41.4 Å². The number of carbonyl (C=O) groups is 2. The fourth-order valence-electron chi connectivity index (χ4n) is 6.71. The van der Waals surface area contributed by atoms with Crippen molar-refractivity contribution in [1.29, 1.82) is 0 Å². The first-order valence-electron chi connectivity index (χ1n) is 12.2. The molecular formula is C28H21Cl2FN4O3. The summed E-state index contributed by atoms with van der Waals surface area (Å²) in [6.07, 6.45) is 2.44. The van der Waals surface area contributed by atoms with Crippen molar-refractivity contribution in [1.82, 2.24) is 14.7 Å². The van der Waals surface area contributed by atoms with Crippen molar-refractivity contribution in [3.05, 3.63) is 98.2 Å². The fraction of sp³-hybridized carbons (Fsp3) is 0.250. The number of fused-ring (bicyclic) bond motifs is 7. The highest BCUT2D eigenvalue weighted by atomic mass is 35.5. The number of methoxy groups -OCH3 is 1. The van der Waals surface area contributed by atoms with Crippen LogP contribution in [0, 0.1) is 12.7 Å². The smallest absolute Gasteiger partial charge is 0.338 e. The molecule has 4 aromatic rings. The average molecular weight is 551 g/mol. The molecule has 0 bridgehead atoms. The van der Waals surface area contributed by atoms with Crippen LogP contribution < -0.4 is 10.6 Å². The minimum atomic E-state index is -1.25. The number of esters is 1. The molecule has 38 heavy (non-hydrogen) atoms. The van der Waals surface area contributed by atoms with Crippen molar-refractivity contribution >= 4 is 46.4 Å². The number of anilines is 1. The zero-order chi connectivity index (χ0) is 26.5. The zero-order valence-corrected chi connectivity index (χ0v) is 21.8. The van der Waals surface area contributed by atoms with Gasteiger partial charge in [0.15, 0.2) is 0 Å². The predicted octanol–water partition coefficient (Wildman–Crippen LogP) is 5.12. The van der Waals surface area contributed by atoms with Gasteiger partial charge < -0.3 is 14.5 Å². The molecule has 2 N–H and O–H groups in total. The summed E-state index contributed by atoms with van der Waals surface area (Å²) < 4.78 is 22.6. The van der Waals surface area contributed by atoms with Crippen LogP contribution in [-0.2, 0) is 21.5 Å². The van der Waals surface area contributed by atoms with Crippen molar-refractivity contribution in [3.8, 4) is 0 Å². The van der Waals surface area contributed by atoms with Gasteiger partial charge in [0.2, 0.25) is 5.91 Å². The van der Waals surface area contributed by atoms with Gasteiger partial charge in [0.05, 0.1) is 23.4 Å². The van der Waals surface area contributed by atoms with Crippen LogP contribution in [0.4, 0.5) is 10.1 Å². The Morgan fingerprint density at radius 1 is 1.24 bits per heavy atom. The van der Waals surface area contributed by atoms with Crippen LogP contribution >= 0.6 is 23.2 Å². The molecule has 1 amide bonds. The number of imidazole rings is 1. The van der Waals surface area contributed by atoms with Crippen molar-refractivity contribution in [3.63, 3.8) is 0 Å². The molecule has 1 saturated heterocycles. The first kappa shape index (κ1) is 23.6. The van der Waals surface area contributed by atoms with Gasteiger partial charge >= 0.3 is 5.97 Å². The first-order valence-corrected chi connectivity index (χ1v) is 12.9. The van der Waals surface area contributed by atoms with Gasteiger partial charge in [-0.2, -0.15) is 0 Å². The molecule has 10 heteroatoms. The highest BCUT2D eigenvalue weighted by molar-refractivity contribution is 6.31. The van der Waals surface area contributed by atoms with Crippen LogP contribution in [0.2, 0.25) is 10.0 Å². The Balaban J connectivity index is 1.47. The lowest BCUT2D eigenvalue weighted by Gasteiger charge is -2.32. The Bertz CT molecular complexity index is 1720. The van der Waals surface area contributed by atoms with Crippen LogP contribution in [-0.4, -0.2) is 34.4 Å². The number of nitrogens with zero attached hydrogens (tertiary/aromatic N) is 2. The minimum absolute atomic E-state index is 0.0117. The van der Waals surface area contributed by atoms with E-state index in [9.17, 15) is 9.59 Å². The normalized spacial score (nSPS) is 25.0. The van der Waals surface area contributed by atoms with Crippen LogP contribution in [0.1, 0.15) is 50.3 Å². The van der Waals surface area contributed by atoms with Gasteiger partial charge in [-0.3, -0.25) is 10.1 Å². The van der Waals surface area contributed by atoms with E-state index in [1.807, 2.05) is 23.6 Å². The Hall–Kier alpha value is -3.46. The lowest BCUT2D eigenvalue weighted by atomic mass is 9.71. The molecule has 0 radical (unpaired) electrons. The van der Waals surface area contributed by atoms with E-state index in [1.165, 1.54) is 13.2 Å². The summed E-state index contributed by atoms with van der Waals surface area (Å²) in [5, 5.41) is 7.05. The Morgan fingerprint density at radius 3 is 2.84 bits per heavy atom. The van der Waals surface area contributed by atoms with Gasteiger partial charge in [-0.05, 0) is 42.3 Å². The molecule has 2 aliphatic heterocycles. The summed E-state index contributed by atoms with van der Waals surface area (Å²) in [5.41, 5.74) is 3.89. The molecule has 1 aliphatic carbocycles. The zero-order valence-electron chi connectivity index (χ0n) is 20.3. The van der Waals surface area contributed by atoms with E-state index < -0.39 is 23.2 Å². The number of aryl methyl sites for hydroxylation is 1. The van der Waals surface area contributed by atoms with Gasteiger partial charge in [0, 0.05) is 52.5 Å². The van der Waals surface area contributed by atoms with Gasteiger partial charge in [0.25, 0.3) is 0 Å². The number of benzene rings is 2. The summed E-state index contributed by atoms with van der Waals surface area (Å²) in [7, 11) is 1.34. The van der Waals surface area contributed by atoms with Crippen molar-refractivity contribution in [2.45, 2.75) is 36.8 Å². The molecule has 0 saturated carbocycles. The van der Waals surface area contributed by atoms with Crippen molar-refractivity contribution in [2.24, 2.45) is 0 Å². The third-order valence-corrected chi connectivity index (χ3v) is 8.75. The number of hydrogen-bond acceptors (Lipinski definition) is 5. The number of rotatable bonds is 2. The lowest BCUT2D eigenvalue weighted by molar-refractivity contribution is -0.122. The monoisotopic (exact) mass is 550 g/mol. The maximum Gasteiger partial charge on any atom is 0.338 e. The molecule has 7 nitrogen and oxygen atoms in total. The Kier molecular flexibility index (Phi) is 4.99. The van der Waals surface area contributed by atoms with Crippen molar-refractivity contribution in [2.75, 3.05) is 12.4 Å². The number of hydrogen-bond donors (Lipinski definition) is 2. The average Bonchev–Trinajstić information content (AvgIpc) is 3.58. The largest absolute Gasteiger partial charge is 0.465 e. The number of carbonyl (C=O) groups excluding carboxylic acids is 2. The van der Waals surface area contributed by atoms with Gasteiger partial charge in [0.1, 0.15) is 17.0 Å². The highest BCUT2D eigenvalue weighted by Gasteiger charge is 2.65. The third-order valence-electron chi connectivity index (χ3n) is 8.23. The van der Waals surface area contributed by atoms with E-state index in [-0.39, 0.29) is 22.9 Å². The highest BCUT2D eigenvalue weighted by Crippen LogP contribution is 2.60. The molecule has 3 aliphatic rings. The number of amides is 1. The van der Waals surface area contributed by atoms with Crippen LogP contribution in [0.3, 0.4) is 0 Å². The molecule has 2 aromatic carbocycles. The summed E-state index contributed by atoms with van der Waals surface area (Å²) >= 11 is 12.5. The Labute approximate surface area is 226 Å². The van der Waals surface area contributed by atoms with Gasteiger partial charge in [-0.25, -0.2) is 14.2 Å². The van der Waals surface area contributed by atoms with E-state index in [0.717, 1.165) is 17.0 Å². The van der Waals surface area contributed by atoms with E-state index >= 15 is 4.39 Å². The molecule has 1 spiro atoms. The molecule has 4 atom stereocenters. The topological polar surface area (TPSA) is 84.7 Å². The van der Waals surface area contributed by atoms with Crippen LogP contribution in [0.15, 0.2) is 48.7 Å². The van der Waals surface area contributed by atoms with Gasteiger partial charge in [-0.15, -0.1) is 0 Å². The molecule has 2 aromatic heterocycles. The molecule has 7 rings (SSSR count). The second-order valence-electron chi connectivity index (χ2n) is 10.1. The fourth-order valence-corrected chi connectivity index (χ4v) is 7.06. The minimum Gasteiger partial charge on any atom is -0.465 e. The first-order chi connectivity index (χ1) is 18.2. The molecule has 1 unspecified atom stereocenters. The predicted molar refractivity (Wildman–Crippen MR) is 141 cm³/mol. The second-order valence-corrected chi connectivity index (χ2v) is 10.9. The SMILES string of the molecule is COC(=O)c1cc2nc3c(n2cc1C)CC1N[C@@]2(C(=O)Nc4cc(Cl)ccc42)[C@@H](c2cccc(Cl)c2F)[C@H]31. The molecule has 4 heterocycles. The van der Waals surface area contributed by atoms with Crippen molar-refractivity contribution < 1.29 is 18.7 Å². The Morgan fingerprint density at radius 2 is 2.05 bits per heavy atom. The summed E-state index contributed by atoms with van der Waals surface area (Å²) in [4.78, 5) is 31.1. The molecular weight excluding hydrogens is 530 g/mol. The van der Waals surface area contributed by atoms with E-state index in [4.69, 9.17) is 32.9 Å². The van der Waals surface area contributed by atoms with E-state index in [2.05, 4.69) is 10.6 Å². The lowest BCUT2D eigenvalue weighted by Crippen LogP contribution is -2.49. The second kappa shape index (κ2) is 8.02. The maximum atomic E-state index is 15.7. The number of nitrogens with one attached hydrogen (secondary N) is 2. The van der Waals surface area contributed by atoms with Crippen LogP contribution in [0.25, 0.3) is 5.65 Å². The molecule has 1 fully saturated rings. The number of pyridine rings is 1.